The summed E-state index contributed by atoms with van der Waals surface area (Å²) in [5.41, 5.74) is 0.547. The van der Waals surface area contributed by atoms with Crippen molar-refractivity contribution >= 4 is 22.4 Å². The van der Waals surface area contributed by atoms with Gasteiger partial charge in [0.25, 0.3) is 0 Å². The van der Waals surface area contributed by atoms with Crippen molar-refractivity contribution in [2.45, 2.75) is 13.5 Å². The first kappa shape index (κ1) is 13.9. The van der Waals surface area contributed by atoms with Gasteiger partial charge in [0.05, 0.1) is 6.54 Å². The molecule has 1 amide bonds. The lowest BCUT2D eigenvalue weighted by atomic mass is 10.2. The molecule has 1 aromatic carbocycles. The SMILES string of the molecule is Cc1nnc(N2CCN(Cc3ccccc3F)C(=O)C2)s1. The molecule has 1 aliphatic rings. The van der Waals surface area contributed by atoms with Crippen LogP contribution in [0.3, 0.4) is 0 Å². The number of aryl methyl sites for hydroxylation is 1. The van der Waals surface area contributed by atoms with E-state index in [9.17, 15) is 9.18 Å². The zero-order valence-corrected chi connectivity index (χ0v) is 12.4. The van der Waals surface area contributed by atoms with Crippen LogP contribution in [-0.4, -0.2) is 40.6 Å². The van der Waals surface area contributed by atoms with Gasteiger partial charge in [-0.2, -0.15) is 0 Å². The summed E-state index contributed by atoms with van der Waals surface area (Å²) in [6.45, 7) is 3.72. The van der Waals surface area contributed by atoms with Gasteiger partial charge in [0.1, 0.15) is 10.8 Å². The molecule has 1 aromatic heterocycles. The standard InChI is InChI=1S/C14H15FN4OS/c1-10-16-17-14(21-10)19-7-6-18(13(20)9-19)8-11-4-2-3-5-12(11)15/h2-5H,6-9H2,1H3. The van der Waals surface area contributed by atoms with E-state index >= 15 is 0 Å². The number of piperazine rings is 1. The number of carbonyl (C=O) groups excluding carboxylic acids is 1. The van der Waals surface area contributed by atoms with Crippen LogP contribution in [-0.2, 0) is 11.3 Å². The van der Waals surface area contributed by atoms with Gasteiger partial charge in [-0.3, -0.25) is 4.79 Å². The molecule has 0 saturated carbocycles. The summed E-state index contributed by atoms with van der Waals surface area (Å²) in [7, 11) is 0. The van der Waals surface area contributed by atoms with E-state index in [1.165, 1.54) is 17.4 Å². The second kappa shape index (κ2) is 5.77. The molecule has 0 bridgehead atoms. The van der Waals surface area contributed by atoms with Gasteiger partial charge in [0.2, 0.25) is 11.0 Å². The summed E-state index contributed by atoms with van der Waals surface area (Å²) in [4.78, 5) is 15.8. The first-order valence-electron chi connectivity index (χ1n) is 6.70. The highest BCUT2D eigenvalue weighted by atomic mass is 32.1. The molecule has 3 rings (SSSR count). The third-order valence-electron chi connectivity index (χ3n) is 3.42. The third-order valence-corrected chi connectivity index (χ3v) is 4.32. The van der Waals surface area contributed by atoms with Crippen LogP contribution in [0.4, 0.5) is 9.52 Å². The summed E-state index contributed by atoms with van der Waals surface area (Å²) in [6.07, 6.45) is 0. The minimum absolute atomic E-state index is 0.0163. The van der Waals surface area contributed by atoms with Crippen molar-refractivity contribution in [3.8, 4) is 0 Å². The van der Waals surface area contributed by atoms with Crippen molar-refractivity contribution in [3.63, 3.8) is 0 Å². The van der Waals surface area contributed by atoms with Crippen molar-refractivity contribution in [3.05, 3.63) is 40.7 Å². The normalized spacial score (nSPS) is 15.6. The summed E-state index contributed by atoms with van der Waals surface area (Å²) >= 11 is 1.48. The number of rotatable bonds is 3. The predicted octanol–water partition coefficient (Wildman–Crippen LogP) is 1.83. The highest BCUT2D eigenvalue weighted by Gasteiger charge is 2.26. The maximum absolute atomic E-state index is 13.7. The number of hydrogen-bond acceptors (Lipinski definition) is 5. The van der Waals surface area contributed by atoms with Gasteiger partial charge in [-0.05, 0) is 13.0 Å². The van der Waals surface area contributed by atoms with E-state index < -0.39 is 0 Å². The van der Waals surface area contributed by atoms with E-state index in [2.05, 4.69) is 10.2 Å². The van der Waals surface area contributed by atoms with Crippen LogP contribution in [0, 0.1) is 12.7 Å². The van der Waals surface area contributed by atoms with Gasteiger partial charge in [-0.1, -0.05) is 29.5 Å². The largest absolute Gasteiger partial charge is 0.336 e. The maximum atomic E-state index is 13.7. The Bertz CT molecular complexity index is 660. The molecular formula is C14H15FN4OS. The highest BCUT2D eigenvalue weighted by molar-refractivity contribution is 7.15. The number of halogens is 1. The third kappa shape index (κ3) is 3.02. The lowest BCUT2D eigenvalue weighted by Gasteiger charge is -2.34. The Kier molecular flexibility index (Phi) is 3.83. The van der Waals surface area contributed by atoms with Crippen LogP contribution in [0.25, 0.3) is 0 Å². The number of amides is 1. The second-order valence-corrected chi connectivity index (χ2v) is 6.09. The molecule has 1 fully saturated rings. The van der Waals surface area contributed by atoms with Crippen LogP contribution < -0.4 is 4.90 Å². The van der Waals surface area contributed by atoms with Crippen molar-refractivity contribution in [2.75, 3.05) is 24.5 Å². The Hall–Kier alpha value is -2.02. The lowest BCUT2D eigenvalue weighted by molar-refractivity contribution is -0.131. The molecule has 0 atom stereocenters. The van der Waals surface area contributed by atoms with Gasteiger partial charge in [0.15, 0.2) is 0 Å². The molecule has 110 valence electrons. The fraction of sp³-hybridized carbons (Fsp3) is 0.357. The number of aromatic nitrogens is 2. The zero-order valence-electron chi connectivity index (χ0n) is 11.6. The molecule has 2 aromatic rings. The molecule has 1 saturated heterocycles. The molecule has 0 radical (unpaired) electrons. The van der Waals surface area contributed by atoms with E-state index in [1.807, 2.05) is 11.8 Å². The maximum Gasteiger partial charge on any atom is 0.242 e. The average molecular weight is 306 g/mol. The van der Waals surface area contributed by atoms with Crippen LogP contribution in [0.2, 0.25) is 0 Å². The molecule has 21 heavy (non-hydrogen) atoms. The van der Waals surface area contributed by atoms with Crippen molar-refractivity contribution in [1.82, 2.24) is 15.1 Å². The molecule has 7 heteroatoms. The number of hydrogen-bond donors (Lipinski definition) is 0. The fourth-order valence-electron chi connectivity index (χ4n) is 2.29. The van der Waals surface area contributed by atoms with Crippen LogP contribution in [0.15, 0.2) is 24.3 Å². The number of nitrogens with zero attached hydrogens (tertiary/aromatic N) is 4. The zero-order chi connectivity index (χ0) is 14.8. The monoisotopic (exact) mass is 306 g/mol. The van der Waals surface area contributed by atoms with E-state index in [1.54, 1.807) is 23.1 Å². The molecular weight excluding hydrogens is 291 g/mol. The summed E-state index contributed by atoms with van der Waals surface area (Å²) in [5.74, 6) is -0.287. The van der Waals surface area contributed by atoms with Gasteiger partial charge >= 0.3 is 0 Å². The molecule has 0 N–H and O–H groups in total. The smallest absolute Gasteiger partial charge is 0.242 e. The van der Waals surface area contributed by atoms with Gasteiger partial charge in [-0.15, -0.1) is 10.2 Å². The number of carbonyl (C=O) groups is 1. The van der Waals surface area contributed by atoms with Gasteiger partial charge in [0, 0.05) is 25.2 Å². The van der Waals surface area contributed by atoms with Crippen molar-refractivity contribution < 1.29 is 9.18 Å². The topological polar surface area (TPSA) is 49.3 Å². The minimum Gasteiger partial charge on any atom is -0.336 e. The van der Waals surface area contributed by atoms with E-state index in [4.69, 9.17) is 0 Å². The number of anilines is 1. The Morgan fingerprint density at radius 1 is 1.29 bits per heavy atom. The Balaban J connectivity index is 1.66. The van der Waals surface area contributed by atoms with Crippen LogP contribution in [0.1, 0.15) is 10.6 Å². The number of benzene rings is 1. The minimum atomic E-state index is -0.271. The first-order chi connectivity index (χ1) is 10.1. The molecule has 5 nitrogen and oxygen atoms in total. The Morgan fingerprint density at radius 2 is 2.10 bits per heavy atom. The second-order valence-electron chi connectivity index (χ2n) is 4.93. The quantitative estimate of drug-likeness (QED) is 0.868. The highest BCUT2D eigenvalue weighted by Crippen LogP contribution is 2.22. The van der Waals surface area contributed by atoms with Crippen LogP contribution in [0.5, 0.6) is 0 Å². The van der Waals surface area contributed by atoms with E-state index in [0.29, 0.717) is 25.2 Å². The average Bonchev–Trinajstić information content (AvgIpc) is 2.90. The first-order valence-corrected chi connectivity index (χ1v) is 7.51. The van der Waals surface area contributed by atoms with E-state index in [-0.39, 0.29) is 18.3 Å². The predicted molar refractivity (Wildman–Crippen MR) is 78.7 cm³/mol. The fourth-order valence-corrected chi connectivity index (χ4v) is 3.00. The summed E-state index contributed by atoms with van der Waals surface area (Å²) in [6, 6.07) is 6.56. The lowest BCUT2D eigenvalue weighted by Crippen LogP contribution is -2.50. The molecule has 0 spiro atoms. The molecule has 1 aliphatic heterocycles. The van der Waals surface area contributed by atoms with Gasteiger partial charge in [-0.25, -0.2) is 4.39 Å². The Morgan fingerprint density at radius 3 is 2.76 bits per heavy atom. The summed E-state index contributed by atoms with van der Waals surface area (Å²) < 4.78 is 13.7. The van der Waals surface area contributed by atoms with Gasteiger partial charge < -0.3 is 9.80 Å². The summed E-state index contributed by atoms with van der Waals surface area (Å²) in [5, 5.41) is 9.68. The molecule has 2 heterocycles. The van der Waals surface area contributed by atoms with Crippen molar-refractivity contribution in [2.24, 2.45) is 0 Å². The van der Waals surface area contributed by atoms with Crippen molar-refractivity contribution in [1.29, 1.82) is 0 Å². The van der Waals surface area contributed by atoms with E-state index in [0.717, 1.165) is 10.1 Å². The Labute approximate surface area is 126 Å². The molecule has 0 unspecified atom stereocenters. The van der Waals surface area contributed by atoms with Crippen LogP contribution >= 0.6 is 11.3 Å². The molecule has 0 aliphatic carbocycles.